The van der Waals surface area contributed by atoms with E-state index in [1.165, 1.54) is 0 Å². The molecule has 3 aromatic rings. The third-order valence-corrected chi connectivity index (χ3v) is 4.96. The fraction of sp³-hybridized carbons (Fsp3) is 0.174. The van der Waals surface area contributed by atoms with Crippen LogP contribution in [0, 0.1) is 0 Å². The Kier molecular flexibility index (Phi) is 5.95. The molecule has 0 fully saturated rings. The Hall–Kier alpha value is -3.38. The van der Waals surface area contributed by atoms with Crippen LogP contribution in [-0.2, 0) is 13.2 Å². The number of amides is 1. The van der Waals surface area contributed by atoms with Gasteiger partial charge in [-0.15, -0.1) is 0 Å². The molecule has 0 aliphatic carbocycles. The predicted molar refractivity (Wildman–Crippen MR) is 113 cm³/mol. The molecule has 154 valence electrons. The lowest BCUT2D eigenvalue weighted by atomic mass is 10.1. The van der Waals surface area contributed by atoms with Gasteiger partial charge in [-0.3, -0.25) is 4.79 Å². The van der Waals surface area contributed by atoms with Crippen LogP contribution in [0.5, 0.6) is 23.0 Å². The Morgan fingerprint density at radius 2 is 1.87 bits per heavy atom. The highest BCUT2D eigenvalue weighted by Crippen LogP contribution is 2.32. The summed E-state index contributed by atoms with van der Waals surface area (Å²) in [6, 6.07) is 18.0. The Morgan fingerprint density at radius 3 is 2.70 bits per heavy atom. The van der Waals surface area contributed by atoms with Gasteiger partial charge in [0.25, 0.3) is 5.91 Å². The number of nitrogens with one attached hydrogen (secondary N) is 1. The fourth-order valence-corrected chi connectivity index (χ4v) is 3.28. The van der Waals surface area contributed by atoms with Crippen molar-refractivity contribution < 1.29 is 23.7 Å². The molecule has 0 radical (unpaired) electrons. The van der Waals surface area contributed by atoms with Gasteiger partial charge in [0.1, 0.15) is 18.1 Å². The molecule has 0 saturated carbocycles. The van der Waals surface area contributed by atoms with Crippen LogP contribution in [0.3, 0.4) is 0 Å². The number of hydrogen-bond acceptors (Lipinski definition) is 5. The molecule has 0 unspecified atom stereocenters. The molecule has 0 bridgehead atoms. The topological polar surface area (TPSA) is 66.0 Å². The fourth-order valence-electron chi connectivity index (χ4n) is 3.09. The van der Waals surface area contributed by atoms with Gasteiger partial charge in [0.2, 0.25) is 6.79 Å². The van der Waals surface area contributed by atoms with Gasteiger partial charge in [0.05, 0.1) is 12.1 Å². The van der Waals surface area contributed by atoms with E-state index in [-0.39, 0.29) is 19.3 Å². The molecule has 7 heteroatoms. The van der Waals surface area contributed by atoms with Crippen LogP contribution in [0.25, 0.3) is 0 Å². The molecule has 1 amide bonds. The van der Waals surface area contributed by atoms with Crippen molar-refractivity contribution in [2.45, 2.75) is 13.2 Å². The average Bonchev–Trinajstić information content (AvgIpc) is 3.24. The third-order valence-electron chi connectivity index (χ3n) is 4.65. The largest absolute Gasteiger partial charge is 0.496 e. The van der Waals surface area contributed by atoms with Crippen molar-refractivity contribution >= 4 is 17.5 Å². The summed E-state index contributed by atoms with van der Waals surface area (Å²) >= 11 is 6.14. The number of halogens is 1. The summed E-state index contributed by atoms with van der Waals surface area (Å²) in [5.41, 5.74) is 2.17. The standard InChI is InChI=1S/C23H20ClNO5/c1-27-19-9-7-16(11-17(19)13-28-20-5-3-2-4-18(20)24)23(26)25-12-15-6-8-21-22(10-15)30-14-29-21/h2-11H,12-14H2,1H3,(H,25,26). The summed E-state index contributed by atoms with van der Waals surface area (Å²) in [4.78, 5) is 12.7. The molecule has 1 N–H and O–H groups in total. The molecule has 4 rings (SSSR count). The molecule has 0 atom stereocenters. The third kappa shape index (κ3) is 4.44. The highest BCUT2D eigenvalue weighted by atomic mass is 35.5. The van der Waals surface area contributed by atoms with Gasteiger partial charge in [0.15, 0.2) is 11.5 Å². The minimum atomic E-state index is -0.200. The van der Waals surface area contributed by atoms with Crippen molar-refractivity contribution in [2.24, 2.45) is 0 Å². The van der Waals surface area contributed by atoms with Crippen LogP contribution >= 0.6 is 11.6 Å². The lowest BCUT2D eigenvalue weighted by Gasteiger charge is -2.13. The molecule has 3 aromatic carbocycles. The summed E-state index contributed by atoms with van der Waals surface area (Å²) in [6.07, 6.45) is 0. The van der Waals surface area contributed by atoms with E-state index in [0.717, 1.165) is 11.1 Å². The summed E-state index contributed by atoms with van der Waals surface area (Å²) < 4.78 is 21.9. The van der Waals surface area contributed by atoms with Crippen molar-refractivity contribution in [3.8, 4) is 23.0 Å². The number of carbonyl (C=O) groups excluding carboxylic acids is 1. The zero-order valence-electron chi connectivity index (χ0n) is 16.3. The maximum atomic E-state index is 12.7. The van der Waals surface area contributed by atoms with E-state index in [0.29, 0.717) is 40.1 Å². The van der Waals surface area contributed by atoms with Crippen molar-refractivity contribution in [1.82, 2.24) is 5.32 Å². The minimum Gasteiger partial charge on any atom is -0.496 e. The Labute approximate surface area is 179 Å². The zero-order chi connectivity index (χ0) is 20.9. The van der Waals surface area contributed by atoms with Gasteiger partial charge < -0.3 is 24.3 Å². The van der Waals surface area contributed by atoms with Gasteiger partial charge >= 0.3 is 0 Å². The highest BCUT2D eigenvalue weighted by Gasteiger charge is 2.15. The first-order valence-electron chi connectivity index (χ1n) is 9.35. The van der Waals surface area contributed by atoms with E-state index in [2.05, 4.69) is 5.32 Å². The molecule has 0 spiro atoms. The molecular weight excluding hydrogens is 406 g/mol. The van der Waals surface area contributed by atoms with Crippen LogP contribution in [-0.4, -0.2) is 19.8 Å². The summed E-state index contributed by atoms with van der Waals surface area (Å²) in [5, 5.41) is 3.44. The molecule has 30 heavy (non-hydrogen) atoms. The van der Waals surface area contributed by atoms with Gasteiger partial charge in [-0.25, -0.2) is 0 Å². The van der Waals surface area contributed by atoms with E-state index < -0.39 is 0 Å². The van der Waals surface area contributed by atoms with E-state index in [1.54, 1.807) is 37.4 Å². The van der Waals surface area contributed by atoms with Gasteiger partial charge in [0, 0.05) is 17.7 Å². The van der Waals surface area contributed by atoms with Crippen molar-refractivity contribution in [1.29, 1.82) is 0 Å². The second kappa shape index (κ2) is 8.97. The molecule has 1 heterocycles. The van der Waals surface area contributed by atoms with Crippen molar-refractivity contribution in [3.05, 3.63) is 82.4 Å². The molecule has 0 saturated heterocycles. The van der Waals surface area contributed by atoms with E-state index in [9.17, 15) is 4.79 Å². The smallest absolute Gasteiger partial charge is 0.251 e. The molecule has 6 nitrogen and oxygen atoms in total. The zero-order valence-corrected chi connectivity index (χ0v) is 17.1. The van der Waals surface area contributed by atoms with E-state index in [4.69, 9.17) is 30.5 Å². The number of para-hydroxylation sites is 1. The van der Waals surface area contributed by atoms with Gasteiger partial charge in [-0.05, 0) is 48.0 Å². The number of rotatable bonds is 7. The molecule has 0 aromatic heterocycles. The van der Waals surface area contributed by atoms with Crippen LogP contribution in [0.15, 0.2) is 60.7 Å². The number of carbonyl (C=O) groups is 1. The van der Waals surface area contributed by atoms with Gasteiger partial charge in [-0.2, -0.15) is 0 Å². The lowest BCUT2D eigenvalue weighted by molar-refractivity contribution is 0.0950. The normalized spacial score (nSPS) is 11.8. The number of benzene rings is 3. The number of ether oxygens (including phenoxy) is 4. The molecular formula is C23H20ClNO5. The first kappa shape index (κ1) is 19.9. The number of fused-ring (bicyclic) bond motifs is 1. The predicted octanol–water partition coefficient (Wildman–Crippen LogP) is 4.59. The minimum absolute atomic E-state index is 0.200. The average molecular weight is 426 g/mol. The van der Waals surface area contributed by atoms with Crippen molar-refractivity contribution in [2.75, 3.05) is 13.9 Å². The summed E-state index contributed by atoms with van der Waals surface area (Å²) in [7, 11) is 1.58. The Balaban J connectivity index is 1.43. The maximum Gasteiger partial charge on any atom is 0.251 e. The van der Waals surface area contributed by atoms with Gasteiger partial charge in [-0.1, -0.05) is 29.8 Å². The number of hydrogen-bond donors (Lipinski definition) is 1. The number of methoxy groups -OCH3 is 1. The van der Waals surface area contributed by atoms with Crippen LogP contribution in [0.1, 0.15) is 21.5 Å². The molecule has 1 aliphatic rings. The first-order valence-corrected chi connectivity index (χ1v) is 9.73. The second-order valence-electron chi connectivity index (χ2n) is 6.62. The Morgan fingerprint density at radius 1 is 1.03 bits per heavy atom. The van der Waals surface area contributed by atoms with Crippen LogP contribution in [0.4, 0.5) is 0 Å². The van der Waals surface area contributed by atoms with Crippen molar-refractivity contribution in [3.63, 3.8) is 0 Å². The Bertz CT molecular complexity index is 1070. The first-order chi connectivity index (χ1) is 14.6. The van der Waals surface area contributed by atoms with E-state index in [1.807, 2.05) is 30.3 Å². The highest BCUT2D eigenvalue weighted by molar-refractivity contribution is 6.32. The lowest BCUT2D eigenvalue weighted by Crippen LogP contribution is -2.23. The summed E-state index contributed by atoms with van der Waals surface area (Å²) in [6.45, 7) is 0.805. The van der Waals surface area contributed by atoms with E-state index >= 15 is 0 Å². The monoisotopic (exact) mass is 425 g/mol. The summed E-state index contributed by atoms with van der Waals surface area (Å²) in [5.74, 6) is 2.40. The molecule has 1 aliphatic heterocycles. The SMILES string of the molecule is COc1ccc(C(=O)NCc2ccc3c(c2)OCO3)cc1COc1ccccc1Cl. The van der Waals surface area contributed by atoms with Crippen LogP contribution in [0.2, 0.25) is 5.02 Å². The second-order valence-corrected chi connectivity index (χ2v) is 7.02. The maximum absolute atomic E-state index is 12.7. The quantitative estimate of drug-likeness (QED) is 0.600. The van der Waals surface area contributed by atoms with Crippen LogP contribution < -0.4 is 24.3 Å².